The van der Waals surface area contributed by atoms with Gasteiger partial charge in [0.1, 0.15) is 12.4 Å². The summed E-state index contributed by atoms with van der Waals surface area (Å²) in [6, 6.07) is 1.35. The second-order valence-electron chi connectivity index (χ2n) is 3.63. The van der Waals surface area contributed by atoms with Crippen LogP contribution in [-0.4, -0.2) is 37.8 Å². The molecule has 0 spiro atoms. The summed E-state index contributed by atoms with van der Waals surface area (Å²) >= 11 is 0. The molecule has 0 unspecified atom stereocenters. The fourth-order valence-corrected chi connectivity index (χ4v) is 1.55. The molecule has 1 aromatic rings. The molecule has 0 saturated heterocycles. The van der Waals surface area contributed by atoms with E-state index in [1.807, 2.05) is 0 Å². The van der Waals surface area contributed by atoms with Crippen molar-refractivity contribution in [3.8, 4) is 0 Å². The predicted octanol–water partition coefficient (Wildman–Crippen LogP) is -1.45. The first kappa shape index (κ1) is 15.4. The largest absolute Gasteiger partial charge is 0.409 e. The van der Waals surface area contributed by atoms with Gasteiger partial charge in [0, 0.05) is 17.8 Å². The van der Waals surface area contributed by atoms with Crippen molar-refractivity contribution in [2.45, 2.75) is 0 Å². The summed E-state index contributed by atoms with van der Waals surface area (Å²) in [5.74, 6) is 0.0448. The first-order valence-electron chi connectivity index (χ1n) is 5.16. The molecular formula is C9H14N3O6P. The molecule has 0 bridgehead atoms. The van der Waals surface area contributed by atoms with E-state index in [0.29, 0.717) is 5.82 Å². The third kappa shape index (κ3) is 5.66. The Morgan fingerprint density at radius 3 is 2.79 bits per heavy atom. The maximum Gasteiger partial charge on any atom is 0.382 e. The van der Waals surface area contributed by atoms with Crippen molar-refractivity contribution in [2.24, 2.45) is 5.92 Å². The quantitative estimate of drug-likeness (QED) is 0.465. The van der Waals surface area contributed by atoms with Crippen LogP contribution in [0.15, 0.2) is 29.0 Å². The average Bonchev–Trinajstić information content (AvgIpc) is 2.30. The van der Waals surface area contributed by atoms with Gasteiger partial charge in [-0.05, 0) is 0 Å². The van der Waals surface area contributed by atoms with Crippen molar-refractivity contribution < 1.29 is 24.3 Å². The first-order valence-corrected chi connectivity index (χ1v) is 6.84. The molecule has 106 valence electrons. The predicted molar refractivity (Wildman–Crippen MR) is 66.1 cm³/mol. The van der Waals surface area contributed by atoms with Gasteiger partial charge >= 0.3 is 13.3 Å². The van der Waals surface area contributed by atoms with Gasteiger partial charge in [0.15, 0.2) is 0 Å². The van der Waals surface area contributed by atoms with Gasteiger partial charge in [0.05, 0.1) is 12.8 Å². The maximum absolute atomic E-state index is 11.3. The van der Waals surface area contributed by atoms with Gasteiger partial charge in [0.25, 0.3) is 0 Å². The number of aliphatic hydroxyl groups excluding tert-OH is 1. The molecule has 1 atom stereocenters. The zero-order chi connectivity index (χ0) is 14.5. The Labute approximate surface area is 108 Å². The van der Waals surface area contributed by atoms with Crippen LogP contribution < -0.4 is 16.3 Å². The molecule has 1 rings (SSSR count). The summed E-state index contributed by atoms with van der Waals surface area (Å²) in [5, 5.41) is 9.01. The van der Waals surface area contributed by atoms with Crippen LogP contribution in [0.1, 0.15) is 0 Å². The van der Waals surface area contributed by atoms with Gasteiger partial charge in [-0.15, -0.1) is 4.73 Å². The van der Waals surface area contributed by atoms with Crippen LogP contribution in [0.25, 0.3) is 0 Å². The van der Waals surface area contributed by atoms with Crippen molar-refractivity contribution in [3.63, 3.8) is 0 Å². The van der Waals surface area contributed by atoms with E-state index < -0.39 is 25.8 Å². The normalized spacial score (nSPS) is 13.6. The highest BCUT2D eigenvalue weighted by molar-refractivity contribution is 7.55. The molecule has 0 amide bonds. The zero-order valence-electron chi connectivity index (χ0n) is 9.79. The van der Waals surface area contributed by atoms with E-state index in [2.05, 4.69) is 4.98 Å². The van der Waals surface area contributed by atoms with Gasteiger partial charge in [-0.2, -0.15) is 4.98 Å². The maximum atomic E-state index is 11.3. The lowest BCUT2D eigenvalue weighted by Crippen LogP contribution is -2.32. The summed E-state index contributed by atoms with van der Waals surface area (Å²) < 4.78 is 11.4. The molecule has 10 heteroatoms. The highest BCUT2D eigenvalue weighted by atomic mass is 31.2. The molecule has 19 heavy (non-hydrogen) atoms. The fourth-order valence-electron chi connectivity index (χ4n) is 1.08. The number of rotatable bonds is 6. The monoisotopic (exact) mass is 291 g/mol. The molecule has 0 aromatic carbocycles. The van der Waals surface area contributed by atoms with Crippen LogP contribution in [-0.2, 0) is 4.57 Å². The number of nitrogens with zero attached hydrogens (tertiary/aromatic N) is 2. The van der Waals surface area contributed by atoms with Gasteiger partial charge < -0.3 is 25.5 Å². The number of nitrogen functional groups attached to an aromatic ring is 1. The summed E-state index contributed by atoms with van der Waals surface area (Å²) in [5.41, 5.74) is 4.56. The van der Waals surface area contributed by atoms with E-state index in [1.165, 1.54) is 12.3 Å². The third-order valence-electron chi connectivity index (χ3n) is 2.01. The Morgan fingerprint density at radius 2 is 2.26 bits per heavy atom. The van der Waals surface area contributed by atoms with E-state index in [9.17, 15) is 9.36 Å². The molecule has 0 aliphatic carbocycles. The van der Waals surface area contributed by atoms with Crippen LogP contribution in [0.4, 0.5) is 5.82 Å². The standard InChI is InChI=1S/C9H14N3O6P/c10-8-1-3-12(9(14)11-8)18-6-7(5-13)2-4-19(15,16)17/h1-4,7,13H,5-6H2,(H2,10,11,14)(H2,15,16,17)/t7-/m1/s1. The molecule has 5 N–H and O–H groups in total. The number of aliphatic hydroxyl groups is 1. The average molecular weight is 291 g/mol. The minimum Gasteiger partial charge on any atom is -0.409 e. The number of nitrogens with two attached hydrogens (primary N) is 1. The van der Waals surface area contributed by atoms with Gasteiger partial charge in [0.2, 0.25) is 0 Å². The van der Waals surface area contributed by atoms with Crippen molar-refractivity contribution in [1.29, 1.82) is 0 Å². The second-order valence-corrected chi connectivity index (χ2v) is 5.11. The van der Waals surface area contributed by atoms with Crippen LogP contribution in [0.5, 0.6) is 0 Å². The van der Waals surface area contributed by atoms with Gasteiger partial charge in [-0.25, -0.2) is 4.79 Å². The van der Waals surface area contributed by atoms with E-state index in [-0.39, 0.29) is 12.4 Å². The minimum atomic E-state index is -4.29. The fraction of sp³-hybridized carbons (Fsp3) is 0.333. The second kappa shape index (κ2) is 6.48. The van der Waals surface area contributed by atoms with Gasteiger partial charge in [-0.3, -0.25) is 4.57 Å². The Hall–Kier alpha value is -1.67. The van der Waals surface area contributed by atoms with Crippen LogP contribution in [0.3, 0.4) is 0 Å². The zero-order valence-corrected chi connectivity index (χ0v) is 10.7. The van der Waals surface area contributed by atoms with Crippen molar-refractivity contribution in [2.75, 3.05) is 18.9 Å². The lowest BCUT2D eigenvalue weighted by molar-refractivity contribution is 0.0646. The molecule has 0 saturated carbocycles. The summed E-state index contributed by atoms with van der Waals surface area (Å²) in [6.07, 6.45) is 2.38. The van der Waals surface area contributed by atoms with Crippen molar-refractivity contribution in [3.05, 3.63) is 34.6 Å². The highest BCUT2D eigenvalue weighted by Gasteiger charge is 2.11. The first-order chi connectivity index (χ1) is 8.81. The number of anilines is 1. The Kier molecular flexibility index (Phi) is 5.25. The summed E-state index contributed by atoms with van der Waals surface area (Å²) in [4.78, 5) is 37.0. The SMILES string of the molecule is Nc1ccn(OC[C@H](C=CP(=O)(O)O)CO)c(=O)n1. The van der Waals surface area contributed by atoms with E-state index in [0.717, 1.165) is 10.8 Å². The summed E-state index contributed by atoms with van der Waals surface area (Å²) in [6.45, 7) is -0.549. The lowest BCUT2D eigenvalue weighted by Gasteiger charge is -2.12. The molecule has 9 nitrogen and oxygen atoms in total. The Morgan fingerprint density at radius 1 is 1.58 bits per heavy atom. The van der Waals surface area contributed by atoms with Crippen LogP contribution in [0.2, 0.25) is 0 Å². The number of hydrogen-bond donors (Lipinski definition) is 4. The molecular weight excluding hydrogens is 277 g/mol. The summed E-state index contributed by atoms with van der Waals surface area (Å²) in [7, 11) is -4.29. The lowest BCUT2D eigenvalue weighted by atomic mass is 10.2. The molecule has 0 fully saturated rings. The van der Waals surface area contributed by atoms with Crippen LogP contribution in [0, 0.1) is 5.92 Å². The van der Waals surface area contributed by atoms with Gasteiger partial charge in [-0.1, -0.05) is 6.08 Å². The van der Waals surface area contributed by atoms with E-state index in [1.54, 1.807) is 0 Å². The molecule has 0 aliphatic heterocycles. The molecule has 1 heterocycles. The topological polar surface area (TPSA) is 148 Å². The van der Waals surface area contributed by atoms with Crippen molar-refractivity contribution in [1.82, 2.24) is 9.71 Å². The number of hydrogen-bond acceptors (Lipinski definition) is 6. The van der Waals surface area contributed by atoms with E-state index >= 15 is 0 Å². The minimum absolute atomic E-state index is 0.0463. The molecule has 0 radical (unpaired) electrons. The smallest absolute Gasteiger partial charge is 0.382 e. The number of aromatic nitrogens is 2. The highest BCUT2D eigenvalue weighted by Crippen LogP contribution is 2.36. The third-order valence-corrected chi connectivity index (χ3v) is 2.57. The molecule has 1 aromatic heterocycles. The van der Waals surface area contributed by atoms with Crippen LogP contribution >= 0.6 is 7.60 Å². The molecule has 0 aliphatic rings. The Balaban J connectivity index is 2.66. The van der Waals surface area contributed by atoms with E-state index in [4.69, 9.17) is 25.5 Å². The van der Waals surface area contributed by atoms with Crippen molar-refractivity contribution >= 4 is 13.4 Å². The Bertz CT molecular complexity index is 551.